The molecule has 0 bridgehead atoms. The van der Waals surface area contributed by atoms with E-state index in [1.54, 1.807) is 24.6 Å². The summed E-state index contributed by atoms with van der Waals surface area (Å²) in [6.07, 6.45) is 2.53. The number of rotatable bonds is 4. The molecule has 1 aromatic heterocycles. The maximum absolute atomic E-state index is 6.18. The molecule has 1 unspecified atom stereocenters. The lowest BCUT2D eigenvalue weighted by molar-refractivity contribution is 0.405. The molecule has 0 saturated carbocycles. The average Bonchev–Trinajstić information content (AvgIpc) is 2.81. The lowest BCUT2D eigenvalue weighted by atomic mass is 10.0. The SMILES string of the molecule is COc1cc(Br)ccc1C(N)Cc1nccs1. The molecule has 2 N–H and O–H groups in total. The third kappa shape index (κ3) is 3.06. The van der Waals surface area contributed by atoms with Crippen molar-refractivity contribution in [3.05, 3.63) is 44.8 Å². The zero-order valence-corrected chi connectivity index (χ0v) is 11.8. The van der Waals surface area contributed by atoms with Crippen LogP contribution in [-0.2, 0) is 6.42 Å². The number of hydrogen-bond donors (Lipinski definition) is 1. The summed E-state index contributed by atoms with van der Waals surface area (Å²) in [5.74, 6) is 0.809. The van der Waals surface area contributed by atoms with Crippen molar-refractivity contribution in [3.8, 4) is 5.75 Å². The Morgan fingerprint density at radius 2 is 2.35 bits per heavy atom. The van der Waals surface area contributed by atoms with Crippen LogP contribution in [0, 0.1) is 0 Å². The molecular formula is C12H13BrN2OS. The minimum atomic E-state index is -0.0933. The lowest BCUT2D eigenvalue weighted by Gasteiger charge is -2.14. The first-order valence-electron chi connectivity index (χ1n) is 5.18. The van der Waals surface area contributed by atoms with Gasteiger partial charge in [0.05, 0.1) is 12.1 Å². The molecule has 1 atom stereocenters. The molecule has 0 aliphatic rings. The molecule has 0 aliphatic carbocycles. The van der Waals surface area contributed by atoms with Gasteiger partial charge >= 0.3 is 0 Å². The maximum atomic E-state index is 6.18. The standard InChI is InChI=1S/C12H13BrN2OS/c1-16-11-6-8(13)2-3-9(11)10(14)7-12-15-4-5-17-12/h2-6,10H,7,14H2,1H3. The second kappa shape index (κ2) is 5.62. The van der Waals surface area contributed by atoms with E-state index in [1.807, 2.05) is 23.6 Å². The first kappa shape index (κ1) is 12.5. The zero-order chi connectivity index (χ0) is 12.3. The van der Waals surface area contributed by atoms with Crippen LogP contribution >= 0.6 is 27.3 Å². The quantitative estimate of drug-likeness (QED) is 0.943. The van der Waals surface area contributed by atoms with Crippen molar-refractivity contribution in [2.75, 3.05) is 7.11 Å². The molecule has 0 fully saturated rings. The smallest absolute Gasteiger partial charge is 0.124 e. The van der Waals surface area contributed by atoms with Crippen molar-refractivity contribution in [2.45, 2.75) is 12.5 Å². The van der Waals surface area contributed by atoms with Crippen LogP contribution in [0.1, 0.15) is 16.6 Å². The van der Waals surface area contributed by atoms with Crippen molar-refractivity contribution in [1.29, 1.82) is 0 Å². The zero-order valence-electron chi connectivity index (χ0n) is 9.39. The third-order valence-electron chi connectivity index (χ3n) is 2.47. The summed E-state index contributed by atoms with van der Waals surface area (Å²) < 4.78 is 6.33. The number of thiazole rings is 1. The first-order chi connectivity index (χ1) is 8.20. The van der Waals surface area contributed by atoms with Crippen molar-refractivity contribution >= 4 is 27.3 Å². The maximum Gasteiger partial charge on any atom is 0.124 e. The fraction of sp³-hybridized carbons (Fsp3) is 0.250. The first-order valence-corrected chi connectivity index (χ1v) is 6.85. The number of halogens is 1. The van der Waals surface area contributed by atoms with Gasteiger partial charge < -0.3 is 10.5 Å². The fourth-order valence-electron chi connectivity index (χ4n) is 1.64. The van der Waals surface area contributed by atoms with Gasteiger partial charge in [0.15, 0.2) is 0 Å². The number of methoxy groups -OCH3 is 1. The molecule has 2 rings (SSSR count). The molecular weight excluding hydrogens is 300 g/mol. The Morgan fingerprint density at radius 3 is 3.00 bits per heavy atom. The predicted molar refractivity (Wildman–Crippen MR) is 73.4 cm³/mol. The van der Waals surface area contributed by atoms with Crippen LogP contribution in [0.15, 0.2) is 34.2 Å². The average molecular weight is 313 g/mol. The Labute approximate surface area is 113 Å². The molecule has 0 aliphatic heterocycles. The Morgan fingerprint density at radius 1 is 1.53 bits per heavy atom. The number of nitrogens with zero attached hydrogens (tertiary/aromatic N) is 1. The summed E-state index contributed by atoms with van der Waals surface area (Å²) in [6.45, 7) is 0. The largest absolute Gasteiger partial charge is 0.496 e. The van der Waals surface area contributed by atoms with Gasteiger partial charge in [-0.05, 0) is 12.1 Å². The molecule has 5 heteroatoms. The van der Waals surface area contributed by atoms with Gasteiger partial charge in [0.2, 0.25) is 0 Å². The second-order valence-electron chi connectivity index (χ2n) is 3.62. The fourth-order valence-corrected chi connectivity index (χ4v) is 2.66. The number of ether oxygens (including phenoxy) is 1. The highest BCUT2D eigenvalue weighted by Gasteiger charge is 2.13. The van der Waals surface area contributed by atoms with E-state index in [1.165, 1.54) is 0 Å². The van der Waals surface area contributed by atoms with Crippen molar-refractivity contribution in [1.82, 2.24) is 4.98 Å². The highest BCUT2D eigenvalue weighted by atomic mass is 79.9. The monoisotopic (exact) mass is 312 g/mol. The Balaban J connectivity index is 2.21. The molecule has 0 amide bonds. The minimum absolute atomic E-state index is 0.0933. The summed E-state index contributed by atoms with van der Waals surface area (Å²) in [4.78, 5) is 4.24. The van der Waals surface area contributed by atoms with Crippen molar-refractivity contribution in [3.63, 3.8) is 0 Å². The summed E-state index contributed by atoms with van der Waals surface area (Å²) in [5.41, 5.74) is 7.19. The van der Waals surface area contributed by atoms with Gasteiger partial charge in [0.25, 0.3) is 0 Å². The van der Waals surface area contributed by atoms with E-state index in [9.17, 15) is 0 Å². The lowest BCUT2D eigenvalue weighted by Crippen LogP contribution is -2.14. The van der Waals surface area contributed by atoms with E-state index < -0.39 is 0 Å². The van der Waals surface area contributed by atoms with Gasteiger partial charge in [-0.1, -0.05) is 22.0 Å². The van der Waals surface area contributed by atoms with E-state index in [4.69, 9.17) is 10.5 Å². The van der Waals surface area contributed by atoms with Crippen LogP contribution < -0.4 is 10.5 Å². The van der Waals surface area contributed by atoms with Crippen LogP contribution in [-0.4, -0.2) is 12.1 Å². The molecule has 0 spiro atoms. The number of aromatic nitrogens is 1. The molecule has 90 valence electrons. The van der Waals surface area contributed by atoms with Gasteiger partial charge in [-0.2, -0.15) is 0 Å². The summed E-state index contributed by atoms with van der Waals surface area (Å²) >= 11 is 5.04. The predicted octanol–water partition coefficient (Wildman–Crippen LogP) is 3.16. The highest BCUT2D eigenvalue weighted by molar-refractivity contribution is 9.10. The highest BCUT2D eigenvalue weighted by Crippen LogP contribution is 2.29. The Hall–Kier alpha value is -0.910. The van der Waals surface area contributed by atoms with Crippen molar-refractivity contribution < 1.29 is 4.74 Å². The van der Waals surface area contributed by atoms with E-state index in [0.717, 1.165) is 27.2 Å². The van der Waals surface area contributed by atoms with E-state index >= 15 is 0 Å². The van der Waals surface area contributed by atoms with Crippen molar-refractivity contribution in [2.24, 2.45) is 5.73 Å². The van der Waals surface area contributed by atoms with Gasteiger partial charge in [-0.3, -0.25) is 0 Å². The normalized spacial score (nSPS) is 12.4. The van der Waals surface area contributed by atoms with Gasteiger partial charge in [-0.15, -0.1) is 11.3 Å². The molecule has 1 heterocycles. The van der Waals surface area contributed by atoms with Crippen LogP contribution in [0.2, 0.25) is 0 Å². The summed E-state index contributed by atoms with van der Waals surface area (Å²) in [5, 5.41) is 3.00. The van der Waals surface area contributed by atoms with Crippen LogP contribution in [0.4, 0.5) is 0 Å². The third-order valence-corrected chi connectivity index (χ3v) is 3.77. The molecule has 0 saturated heterocycles. The van der Waals surface area contributed by atoms with E-state index in [0.29, 0.717) is 0 Å². The molecule has 3 nitrogen and oxygen atoms in total. The molecule has 17 heavy (non-hydrogen) atoms. The molecule has 0 radical (unpaired) electrons. The van der Waals surface area contributed by atoms with Crippen LogP contribution in [0.25, 0.3) is 0 Å². The number of hydrogen-bond acceptors (Lipinski definition) is 4. The number of nitrogens with two attached hydrogens (primary N) is 1. The molecule has 1 aromatic carbocycles. The Kier molecular flexibility index (Phi) is 4.15. The van der Waals surface area contributed by atoms with Gasteiger partial charge in [0.1, 0.15) is 5.75 Å². The molecule has 2 aromatic rings. The topological polar surface area (TPSA) is 48.1 Å². The summed E-state index contributed by atoms with van der Waals surface area (Å²) in [7, 11) is 1.65. The summed E-state index contributed by atoms with van der Waals surface area (Å²) in [6, 6.07) is 5.79. The second-order valence-corrected chi connectivity index (χ2v) is 5.52. The van der Waals surface area contributed by atoms with Crippen LogP contribution in [0.5, 0.6) is 5.75 Å². The Bertz CT molecular complexity index is 487. The van der Waals surface area contributed by atoms with Gasteiger partial charge in [-0.25, -0.2) is 4.98 Å². The minimum Gasteiger partial charge on any atom is -0.496 e. The van der Waals surface area contributed by atoms with Gasteiger partial charge in [0, 0.05) is 34.1 Å². The van der Waals surface area contributed by atoms with E-state index in [2.05, 4.69) is 20.9 Å². The number of benzene rings is 1. The van der Waals surface area contributed by atoms with Crippen LogP contribution in [0.3, 0.4) is 0 Å². The van der Waals surface area contributed by atoms with E-state index in [-0.39, 0.29) is 6.04 Å².